The van der Waals surface area contributed by atoms with Gasteiger partial charge in [0.25, 0.3) is 0 Å². The van der Waals surface area contributed by atoms with Crippen molar-refractivity contribution >= 4 is 11.8 Å². The van der Waals surface area contributed by atoms with Crippen LogP contribution in [-0.4, -0.2) is 53.8 Å². The van der Waals surface area contributed by atoms with Gasteiger partial charge in [-0.05, 0) is 35.9 Å². The topological polar surface area (TPSA) is 81.6 Å². The summed E-state index contributed by atoms with van der Waals surface area (Å²) in [6.45, 7) is 3.60. The molecule has 0 bridgehead atoms. The molecule has 3 heterocycles. The molecule has 1 saturated heterocycles. The van der Waals surface area contributed by atoms with Crippen molar-refractivity contribution in [2.75, 3.05) is 39.2 Å². The van der Waals surface area contributed by atoms with Crippen LogP contribution in [0, 0.1) is 0 Å². The highest BCUT2D eigenvalue weighted by molar-refractivity contribution is 5.47. The molecule has 0 spiro atoms. The summed E-state index contributed by atoms with van der Waals surface area (Å²) in [5.74, 6) is 2.09. The average Bonchev–Trinajstić information content (AvgIpc) is 2.81. The Morgan fingerprint density at radius 2 is 2.00 bits per heavy atom. The molecule has 0 aliphatic carbocycles. The molecule has 1 aromatic carbocycles. The molecule has 31 heavy (non-hydrogen) atoms. The molecule has 1 unspecified atom stereocenters. The van der Waals surface area contributed by atoms with Crippen molar-refractivity contribution in [3.63, 3.8) is 0 Å². The van der Waals surface area contributed by atoms with Crippen LogP contribution in [0.3, 0.4) is 0 Å². The fourth-order valence-electron chi connectivity index (χ4n) is 3.66. The van der Waals surface area contributed by atoms with E-state index < -0.39 is 0 Å². The fraction of sp³-hybridized carbons (Fsp3) is 0.348. The zero-order chi connectivity index (χ0) is 21.5. The maximum Gasteiger partial charge on any atom is 0.228 e. The number of nitrogens with zero attached hydrogens (tertiary/aromatic N) is 4. The zero-order valence-electron chi connectivity index (χ0n) is 17.8. The van der Waals surface area contributed by atoms with E-state index in [4.69, 9.17) is 19.2 Å². The smallest absolute Gasteiger partial charge is 0.228 e. The van der Waals surface area contributed by atoms with Gasteiger partial charge in [-0.1, -0.05) is 12.1 Å². The first-order valence-electron chi connectivity index (χ1n) is 10.2. The highest BCUT2D eigenvalue weighted by Gasteiger charge is 2.24. The molecular weight excluding hydrogens is 394 g/mol. The summed E-state index contributed by atoms with van der Waals surface area (Å²) < 4.78 is 16.9. The van der Waals surface area contributed by atoms with Crippen LogP contribution in [-0.2, 0) is 22.6 Å². The van der Waals surface area contributed by atoms with E-state index in [0.29, 0.717) is 25.0 Å². The predicted molar refractivity (Wildman–Crippen MR) is 117 cm³/mol. The Bertz CT molecular complexity index is 986. The van der Waals surface area contributed by atoms with E-state index in [1.54, 1.807) is 32.7 Å². The third-order valence-electron chi connectivity index (χ3n) is 5.11. The van der Waals surface area contributed by atoms with Gasteiger partial charge in [0.1, 0.15) is 17.7 Å². The number of hydrogen-bond acceptors (Lipinski definition) is 8. The van der Waals surface area contributed by atoms with Gasteiger partial charge in [0.05, 0.1) is 26.0 Å². The SMILES string of the molecule is COCc1ccc(OC)c(CN2CCOC(c3cccc(Nc4ncccn4)n3)C2)c1. The van der Waals surface area contributed by atoms with E-state index in [9.17, 15) is 0 Å². The van der Waals surface area contributed by atoms with Crippen molar-refractivity contribution in [3.05, 3.63) is 71.7 Å². The molecule has 2 aromatic heterocycles. The van der Waals surface area contributed by atoms with E-state index >= 15 is 0 Å². The summed E-state index contributed by atoms with van der Waals surface area (Å²) >= 11 is 0. The van der Waals surface area contributed by atoms with Crippen LogP contribution in [0.5, 0.6) is 5.75 Å². The summed E-state index contributed by atoms with van der Waals surface area (Å²) in [4.78, 5) is 15.5. The Morgan fingerprint density at radius 3 is 2.81 bits per heavy atom. The predicted octanol–water partition coefficient (Wildman–Crippen LogP) is 3.34. The van der Waals surface area contributed by atoms with Crippen LogP contribution in [0.2, 0.25) is 0 Å². The van der Waals surface area contributed by atoms with Gasteiger partial charge in [0, 0.05) is 44.7 Å². The van der Waals surface area contributed by atoms with Crippen molar-refractivity contribution in [1.82, 2.24) is 19.9 Å². The monoisotopic (exact) mass is 421 g/mol. The molecule has 4 rings (SSSR count). The second-order valence-corrected chi connectivity index (χ2v) is 7.32. The normalized spacial score (nSPS) is 16.8. The third-order valence-corrected chi connectivity index (χ3v) is 5.11. The number of aromatic nitrogens is 3. The van der Waals surface area contributed by atoms with Crippen molar-refractivity contribution in [2.45, 2.75) is 19.3 Å². The molecule has 8 nitrogen and oxygen atoms in total. The van der Waals surface area contributed by atoms with Crippen molar-refractivity contribution < 1.29 is 14.2 Å². The van der Waals surface area contributed by atoms with E-state index in [2.05, 4.69) is 26.3 Å². The minimum absolute atomic E-state index is 0.111. The van der Waals surface area contributed by atoms with Gasteiger partial charge in [0.15, 0.2) is 0 Å². The Kier molecular flexibility index (Phi) is 7.03. The summed E-state index contributed by atoms with van der Waals surface area (Å²) in [6, 6.07) is 13.8. The van der Waals surface area contributed by atoms with Crippen molar-refractivity contribution in [2.24, 2.45) is 0 Å². The minimum atomic E-state index is -0.111. The Hall–Kier alpha value is -3.07. The second kappa shape index (κ2) is 10.3. The molecule has 0 radical (unpaired) electrons. The molecular formula is C23H27N5O3. The lowest BCUT2D eigenvalue weighted by Gasteiger charge is -2.33. The number of anilines is 2. The van der Waals surface area contributed by atoms with Crippen LogP contribution < -0.4 is 10.1 Å². The van der Waals surface area contributed by atoms with E-state index in [0.717, 1.165) is 42.2 Å². The van der Waals surface area contributed by atoms with Crippen LogP contribution in [0.15, 0.2) is 54.9 Å². The quantitative estimate of drug-likeness (QED) is 0.593. The summed E-state index contributed by atoms with van der Waals surface area (Å²) in [5, 5.41) is 3.14. The Labute approximate surface area is 182 Å². The highest BCUT2D eigenvalue weighted by atomic mass is 16.5. The maximum atomic E-state index is 6.04. The molecule has 1 aliphatic heterocycles. The van der Waals surface area contributed by atoms with E-state index in [-0.39, 0.29) is 6.10 Å². The number of morpholine rings is 1. The number of nitrogens with one attached hydrogen (secondary N) is 1. The summed E-state index contributed by atoms with van der Waals surface area (Å²) in [6.07, 6.45) is 3.27. The van der Waals surface area contributed by atoms with Gasteiger partial charge in [-0.2, -0.15) is 0 Å². The minimum Gasteiger partial charge on any atom is -0.496 e. The first kappa shape index (κ1) is 21.2. The largest absolute Gasteiger partial charge is 0.496 e. The zero-order valence-corrected chi connectivity index (χ0v) is 17.8. The fourth-order valence-corrected chi connectivity index (χ4v) is 3.66. The number of ether oxygens (including phenoxy) is 3. The first-order chi connectivity index (χ1) is 15.2. The summed E-state index contributed by atoms with van der Waals surface area (Å²) in [7, 11) is 3.41. The van der Waals surface area contributed by atoms with Crippen LogP contribution in [0.1, 0.15) is 22.9 Å². The number of benzene rings is 1. The molecule has 3 aromatic rings. The molecule has 1 atom stereocenters. The molecule has 0 saturated carbocycles. The highest BCUT2D eigenvalue weighted by Crippen LogP contribution is 2.27. The van der Waals surface area contributed by atoms with Gasteiger partial charge >= 0.3 is 0 Å². The van der Waals surface area contributed by atoms with Crippen molar-refractivity contribution in [3.8, 4) is 5.75 Å². The van der Waals surface area contributed by atoms with Gasteiger partial charge in [-0.25, -0.2) is 15.0 Å². The Morgan fingerprint density at radius 1 is 1.13 bits per heavy atom. The molecule has 162 valence electrons. The maximum absolute atomic E-state index is 6.04. The molecule has 1 fully saturated rings. The van der Waals surface area contributed by atoms with Crippen LogP contribution >= 0.6 is 0 Å². The van der Waals surface area contributed by atoms with Gasteiger partial charge in [-0.3, -0.25) is 4.90 Å². The molecule has 1 aliphatic rings. The number of pyridine rings is 1. The second-order valence-electron chi connectivity index (χ2n) is 7.32. The van der Waals surface area contributed by atoms with Crippen LogP contribution in [0.4, 0.5) is 11.8 Å². The van der Waals surface area contributed by atoms with E-state index in [1.165, 1.54) is 0 Å². The van der Waals surface area contributed by atoms with Crippen LogP contribution in [0.25, 0.3) is 0 Å². The molecule has 0 amide bonds. The number of hydrogen-bond donors (Lipinski definition) is 1. The van der Waals surface area contributed by atoms with Gasteiger partial charge in [-0.15, -0.1) is 0 Å². The molecule has 8 heteroatoms. The molecule has 1 N–H and O–H groups in total. The average molecular weight is 422 g/mol. The standard InChI is InChI=1S/C23H27N5O3/c1-29-16-17-7-8-20(30-2)18(13-17)14-28-11-12-31-21(15-28)19-5-3-6-22(26-19)27-23-24-9-4-10-25-23/h3-10,13,21H,11-12,14-16H2,1-2H3,(H,24,25,26,27). The van der Waals surface area contributed by atoms with E-state index in [1.807, 2.05) is 30.3 Å². The van der Waals surface area contributed by atoms with Gasteiger partial charge in [0.2, 0.25) is 5.95 Å². The third kappa shape index (κ3) is 5.55. The summed E-state index contributed by atoms with van der Waals surface area (Å²) in [5.41, 5.74) is 3.15. The van der Waals surface area contributed by atoms with Gasteiger partial charge < -0.3 is 19.5 Å². The lowest BCUT2D eigenvalue weighted by molar-refractivity contribution is -0.0351. The van der Waals surface area contributed by atoms with Crippen molar-refractivity contribution in [1.29, 1.82) is 0 Å². The number of methoxy groups -OCH3 is 2. The number of rotatable bonds is 8. The first-order valence-corrected chi connectivity index (χ1v) is 10.2. The lowest BCUT2D eigenvalue weighted by atomic mass is 10.1. The Balaban J connectivity index is 1.45. The lowest BCUT2D eigenvalue weighted by Crippen LogP contribution is -2.38.